The first-order chi connectivity index (χ1) is 28.6. The van der Waals surface area contributed by atoms with Crippen LogP contribution < -0.4 is 0 Å². The summed E-state index contributed by atoms with van der Waals surface area (Å²) < 4.78 is 0. The van der Waals surface area contributed by atoms with E-state index < -0.39 is 0 Å². The van der Waals surface area contributed by atoms with Crippen LogP contribution in [0.1, 0.15) is 237 Å². The van der Waals surface area contributed by atoms with Gasteiger partial charge in [-0.1, -0.05) is 101 Å². The molecule has 0 amide bonds. The number of hydrogen-bond acceptors (Lipinski definition) is 4. The molecule has 4 N–H and O–H groups in total. The molecule has 0 aliphatic heterocycles. The average Bonchev–Trinajstić information content (AvgIpc) is 3.24. The molecule has 4 aliphatic carbocycles. The van der Waals surface area contributed by atoms with E-state index >= 15 is 0 Å². The Morgan fingerprint density at radius 2 is 0.542 bits per heavy atom. The molecule has 4 nitrogen and oxygen atoms in total. The second kappa shape index (κ2) is 18.4. The molecule has 0 aromatic heterocycles. The van der Waals surface area contributed by atoms with Crippen LogP contribution in [-0.4, -0.2) is 20.4 Å². The topological polar surface area (TPSA) is 80.9 Å². The zero-order chi connectivity index (χ0) is 41.2. The first-order valence-corrected chi connectivity index (χ1v) is 23.9. The van der Waals surface area contributed by atoms with Crippen molar-refractivity contribution < 1.29 is 20.4 Å². The van der Waals surface area contributed by atoms with Crippen molar-refractivity contribution in [3.05, 3.63) is 115 Å². The normalized spacial score (nSPS) is 19.2. The highest BCUT2D eigenvalue weighted by Gasteiger charge is 2.33. The van der Waals surface area contributed by atoms with Crippen molar-refractivity contribution in [1.29, 1.82) is 0 Å². The fourth-order valence-electron chi connectivity index (χ4n) is 12.5. The van der Waals surface area contributed by atoms with E-state index in [9.17, 15) is 20.4 Å². The Kier molecular flexibility index (Phi) is 13.0. The van der Waals surface area contributed by atoms with Crippen molar-refractivity contribution in [2.45, 2.75) is 198 Å². The third kappa shape index (κ3) is 8.94. The molecule has 8 rings (SSSR count). The van der Waals surface area contributed by atoms with Gasteiger partial charge in [-0.2, -0.15) is 0 Å². The molecule has 59 heavy (non-hydrogen) atoms. The number of phenolic OH excluding ortho intramolecular Hbond substituents is 4. The monoisotopic (exact) mass is 797 g/mol. The molecule has 0 atom stereocenters. The molecule has 4 aliphatic rings. The molecule has 4 heteroatoms. The second-order valence-electron chi connectivity index (χ2n) is 19.8. The first-order valence-electron chi connectivity index (χ1n) is 23.9. The van der Waals surface area contributed by atoms with E-state index in [0.29, 0.717) is 46.7 Å². The SMILES string of the molecule is Cc1cc(O)c(C2CCCCC2)cc1C(CC(c1cc(C2CCCCC2)c(O)cc1C)c1cc(C2CCCCC2)c(O)cc1C)c1cc(C2CCCCC2)c(O)cc1C. The molecule has 316 valence electrons. The minimum atomic E-state index is -0.0245. The Labute approximate surface area is 355 Å². The number of aromatic hydroxyl groups is 4. The number of benzene rings is 4. The van der Waals surface area contributed by atoms with Gasteiger partial charge >= 0.3 is 0 Å². The maximum absolute atomic E-state index is 11.6. The molecular formula is C55H72O4. The van der Waals surface area contributed by atoms with E-state index in [1.165, 1.54) is 99.3 Å². The minimum absolute atomic E-state index is 0.0245. The van der Waals surface area contributed by atoms with Crippen molar-refractivity contribution in [2.24, 2.45) is 0 Å². The van der Waals surface area contributed by atoms with E-state index in [4.69, 9.17) is 0 Å². The second-order valence-corrected chi connectivity index (χ2v) is 19.8. The standard InChI is InChI=1S/C55H72O4/c1-34-25-52(56)46(38-17-9-5-10-18-38)29-42(34)50(43-30-47(53(57)26-35(43)2)39-19-11-6-12-20-39)33-51(44-31-48(54(58)27-36(44)3)40-21-13-7-14-22-40)45-32-49(55(59)28-37(45)4)41-23-15-8-16-24-41/h25-32,38-41,50-51,56-59H,5-24,33H2,1-4H3. The van der Waals surface area contributed by atoms with Crippen LogP contribution in [0.4, 0.5) is 0 Å². The summed E-state index contributed by atoms with van der Waals surface area (Å²) in [6.07, 6.45) is 24.4. The van der Waals surface area contributed by atoms with Gasteiger partial charge in [-0.25, -0.2) is 0 Å². The fourth-order valence-corrected chi connectivity index (χ4v) is 12.5. The van der Waals surface area contributed by atoms with Gasteiger partial charge in [-0.05, 0) is 200 Å². The van der Waals surface area contributed by atoms with Gasteiger partial charge in [0.05, 0.1) is 0 Å². The summed E-state index contributed by atoms with van der Waals surface area (Å²) in [5.74, 6) is 3.08. The Balaban J connectivity index is 1.35. The van der Waals surface area contributed by atoms with Crippen LogP contribution in [-0.2, 0) is 0 Å². The summed E-state index contributed by atoms with van der Waals surface area (Å²) in [5, 5.41) is 46.5. The van der Waals surface area contributed by atoms with Gasteiger partial charge in [0.1, 0.15) is 23.0 Å². The maximum Gasteiger partial charge on any atom is 0.119 e. The highest BCUT2D eigenvalue weighted by atomic mass is 16.3. The lowest BCUT2D eigenvalue weighted by molar-refractivity contribution is 0.412. The van der Waals surface area contributed by atoms with E-state index in [1.807, 2.05) is 24.3 Å². The quantitative estimate of drug-likeness (QED) is 0.129. The minimum Gasteiger partial charge on any atom is -0.508 e. The van der Waals surface area contributed by atoms with Crippen molar-refractivity contribution in [3.8, 4) is 23.0 Å². The van der Waals surface area contributed by atoms with Crippen molar-refractivity contribution >= 4 is 0 Å². The predicted molar refractivity (Wildman–Crippen MR) is 243 cm³/mol. The summed E-state index contributed by atoms with van der Waals surface area (Å²) in [6.45, 7) is 8.72. The number of phenols is 4. The highest BCUT2D eigenvalue weighted by Crippen LogP contribution is 2.50. The van der Waals surface area contributed by atoms with Gasteiger partial charge in [0.15, 0.2) is 0 Å². The molecule has 0 radical (unpaired) electrons. The summed E-state index contributed by atoms with van der Waals surface area (Å²) in [6, 6.07) is 17.7. The molecule has 4 aromatic carbocycles. The van der Waals surface area contributed by atoms with Gasteiger partial charge in [0.25, 0.3) is 0 Å². The fraction of sp³-hybridized carbons (Fsp3) is 0.564. The van der Waals surface area contributed by atoms with Crippen molar-refractivity contribution in [1.82, 2.24) is 0 Å². The van der Waals surface area contributed by atoms with Crippen LogP contribution in [0.5, 0.6) is 23.0 Å². The van der Waals surface area contributed by atoms with E-state index in [1.54, 1.807) is 0 Å². The van der Waals surface area contributed by atoms with Gasteiger partial charge < -0.3 is 20.4 Å². The van der Waals surface area contributed by atoms with Crippen molar-refractivity contribution in [3.63, 3.8) is 0 Å². The zero-order valence-corrected chi connectivity index (χ0v) is 36.7. The van der Waals surface area contributed by atoms with Crippen LogP contribution >= 0.6 is 0 Å². The number of aryl methyl sites for hydroxylation is 4. The molecule has 0 unspecified atom stereocenters. The molecule has 4 aromatic rings. The summed E-state index contributed by atoms with van der Waals surface area (Å²) >= 11 is 0. The largest absolute Gasteiger partial charge is 0.508 e. The maximum atomic E-state index is 11.6. The molecular weight excluding hydrogens is 725 g/mol. The summed E-state index contributed by atoms with van der Waals surface area (Å²) in [5.41, 5.74) is 13.9. The Morgan fingerprint density at radius 3 is 0.746 bits per heavy atom. The molecule has 0 spiro atoms. The van der Waals surface area contributed by atoms with Crippen LogP contribution in [0.25, 0.3) is 0 Å². The molecule has 4 fully saturated rings. The molecule has 0 bridgehead atoms. The molecule has 0 saturated heterocycles. The third-order valence-corrected chi connectivity index (χ3v) is 15.8. The van der Waals surface area contributed by atoms with Crippen LogP contribution in [0.2, 0.25) is 0 Å². The van der Waals surface area contributed by atoms with E-state index in [-0.39, 0.29) is 11.8 Å². The summed E-state index contributed by atoms with van der Waals surface area (Å²) in [4.78, 5) is 0. The van der Waals surface area contributed by atoms with Gasteiger partial charge in [-0.3, -0.25) is 0 Å². The average molecular weight is 797 g/mol. The Bertz CT molecular complexity index is 1790. The van der Waals surface area contributed by atoms with E-state index in [2.05, 4.69) is 52.0 Å². The molecule has 0 heterocycles. The molecule has 4 saturated carbocycles. The lowest BCUT2D eigenvalue weighted by Crippen LogP contribution is -2.17. The van der Waals surface area contributed by atoms with Crippen LogP contribution in [0.15, 0.2) is 48.5 Å². The number of hydrogen-bond donors (Lipinski definition) is 4. The smallest absolute Gasteiger partial charge is 0.119 e. The predicted octanol–water partition coefficient (Wildman–Crippen LogP) is 15.3. The van der Waals surface area contributed by atoms with Gasteiger partial charge in [0.2, 0.25) is 0 Å². The van der Waals surface area contributed by atoms with Gasteiger partial charge in [0, 0.05) is 11.8 Å². The third-order valence-electron chi connectivity index (χ3n) is 15.8. The highest BCUT2D eigenvalue weighted by molar-refractivity contribution is 5.56. The van der Waals surface area contributed by atoms with Crippen molar-refractivity contribution in [2.75, 3.05) is 0 Å². The Hall–Kier alpha value is -3.92. The van der Waals surface area contributed by atoms with E-state index in [0.717, 1.165) is 102 Å². The van der Waals surface area contributed by atoms with Crippen LogP contribution in [0, 0.1) is 27.7 Å². The first kappa shape index (κ1) is 41.8. The number of rotatable bonds is 10. The Morgan fingerprint density at radius 1 is 0.339 bits per heavy atom. The lowest BCUT2D eigenvalue weighted by atomic mass is 9.71. The van der Waals surface area contributed by atoms with Crippen LogP contribution in [0.3, 0.4) is 0 Å². The summed E-state index contributed by atoms with van der Waals surface area (Å²) in [7, 11) is 0. The van der Waals surface area contributed by atoms with Gasteiger partial charge in [-0.15, -0.1) is 0 Å². The lowest BCUT2D eigenvalue weighted by Gasteiger charge is -2.33. The zero-order valence-electron chi connectivity index (χ0n) is 36.7.